The molecule has 0 bridgehead atoms. The molecule has 0 aromatic heterocycles. The smallest absolute Gasteiger partial charge is 0.416 e. The van der Waals surface area contributed by atoms with Gasteiger partial charge < -0.3 is 10.1 Å². The number of benzene rings is 1. The minimum Gasteiger partial charge on any atom is -0.449 e. The topological polar surface area (TPSA) is 38.3 Å². The molecule has 1 N–H and O–H groups in total. The Morgan fingerprint density at radius 3 is 2.67 bits per heavy atom. The highest BCUT2D eigenvalue weighted by Crippen LogP contribution is 2.37. The quantitative estimate of drug-likeness (QED) is 0.791. The van der Waals surface area contributed by atoms with Gasteiger partial charge >= 0.3 is 12.3 Å². The van der Waals surface area contributed by atoms with Gasteiger partial charge in [-0.2, -0.15) is 13.2 Å². The van der Waals surface area contributed by atoms with E-state index in [1.165, 1.54) is 0 Å². The van der Waals surface area contributed by atoms with Gasteiger partial charge in [0.05, 0.1) is 18.2 Å². The maximum atomic E-state index is 13.6. The molecule has 1 aliphatic heterocycles. The normalized spacial score (nSPS) is 20.2. The molecule has 1 saturated heterocycles. The average molecular weight is 263 g/mol. The molecule has 3 nitrogen and oxygen atoms in total. The Kier molecular flexibility index (Phi) is 3.14. The fraction of sp³-hybridized carbons (Fsp3) is 0.364. The number of cyclic esters (lactones) is 1. The summed E-state index contributed by atoms with van der Waals surface area (Å²) < 4.78 is 56.5. The first-order chi connectivity index (χ1) is 8.39. The standard InChI is InChI=1S/C11H9F4NO2/c12-7-3-1-2-6(11(13,14)15)9(7)8-4-5-18-10(17)16-8/h1-3,8H,4-5H2,(H,16,17)/t8-/m0/s1. The number of ether oxygens (including phenoxy) is 1. The Morgan fingerprint density at radius 1 is 1.33 bits per heavy atom. The van der Waals surface area contributed by atoms with Crippen LogP contribution in [0.25, 0.3) is 0 Å². The Morgan fingerprint density at radius 2 is 2.06 bits per heavy atom. The molecule has 1 heterocycles. The third kappa shape index (κ3) is 2.39. The van der Waals surface area contributed by atoms with Crippen LogP contribution in [0.15, 0.2) is 18.2 Å². The lowest BCUT2D eigenvalue weighted by Gasteiger charge is -2.26. The summed E-state index contributed by atoms with van der Waals surface area (Å²) in [5, 5.41) is 2.18. The number of nitrogens with one attached hydrogen (secondary N) is 1. The fourth-order valence-electron chi connectivity index (χ4n) is 1.88. The number of carbonyl (C=O) groups is 1. The molecule has 0 radical (unpaired) electrons. The molecular formula is C11H9F4NO2. The molecule has 1 atom stereocenters. The molecule has 7 heteroatoms. The Bertz CT molecular complexity index is 473. The van der Waals surface area contributed by atoms with E-state index >= 15 is 0 Å². The molecular weight excluding hydrogens is 254 g/mol. The van der Waals surface area contributed by atoms with E-state index in [0.29, 0.717) is 0 Å². The van der Waals surface area contributed by atoms with Crippen LogP contribution < -0.4 is 5.32 Å². The van der Waals surface area contributed by atoms with Gasteiger partial charge in [0.1, 0.15) is 5.82 Å². The van der Waals surface area contributed by atoms with Crippen molar-refractivity contribution >= 4 is 6.09 Å². The molecule has 2 rings (SSSR count). The Hall–Kier alpha value is -1.79. The average Bonchev–Trinajstić information content (AvgIpc) is 2.27. The Labute approximate surface area is 99.7 Å². The van der Waals surface area contributed by atoms with Crippen molar-refractivity contribution < 1.29 is 27.1 Å². The summed E-state index contributed by atoms with van der Waals surface area (Å²) in [6.07, 6.45) is -5.42. The van der Waals surface area contributed by atoms with Gasteiger partial charge in [-0.1, -0.05) is 6.07 Å². The molecule has 0 spiro atoms. The molecule has 98 valence electrons. The SMILES string of the molecule is O=C1N[C@H](c2c(F)cccc2C(F)(F)F)CCO1. The second-order valence-electron chi connectivity index (χ2n) is 3.82. The van der Waals surface area contributed by atoms with Gasteiger partial charge in [-0.15, -0.1) is 0 Å². The highest BCUT2D eigenvalue weighted by Gasteiger charge is 2.38. The van der Waals surface area contributed by atoms with Crippen LogP contribution in [0.2, 0.25) is 0 Å². The van der Waals surface area contributed by atoms with E-state index < -0.39 is 35.3 Å². The van der Waals surface area contributed by atoms with Gasteiger partial charge in [0, 0.05) is 12.0 Å². The third-order valence-corrected chi connectivity index (χ3v) is 2.64. The van der Waals surface area contributed by atoms with Gasteiger partial charge in [0.15, 0.2) is 0 Å². The number of alkyl carbamates (subject to hydrolysis) is 1. The summed E-state index contributed by atoms with van der Waals surface area (Å²) in [7, 11) is 0. The lowest BCUT2D eigenvalue weighted by Crippen LogP contribution is -2.36. The summed E-state index contributed by atoms with van der Waals surface area (Å²) in [6.45, 7) is -0.0396. The largest absolute Gasteiger partial charge is 0.449 e. The number of hydrogen-bond acceptors (Lipinski definition) is 2. The Balaban J connectivity index is 2.45. The second kappa shape index (κ2) is 4.47. The van der Waals surface area contributed by atoms with E-state index in [1.807, 2.05) is 0 Å². The number of halogens is 4. The summed E-state index contributed by atoms with van der Waals surface area (Å²) >= 11 is 0. The van der Waals surface area contributed by atoms with Crippen LogP contribution in [0, 0.1) is 5.82 Å². The van der Waals surface area contributed by atoms with Crippen molar-refractivity contribution in [3.8, 4) is 0 Å². The first kappa shape index (κ1) is 12.7. The van der Waals surface area contributed by atoms with Crippen molar-refractivity contribution in [3.63, 3.8) is 0 Å². The van der Waals surface area contributed by atoms with E-state index in [2.05, 4.69) is 10.1 Å². The van der Waals surface area contributed by atoms with Crippen molar-refractivity contribution in [2.24, 2.45) is 0 Å². The zero-order valence-electron chi connectivity index (χ0n) is 9.05. The van der Waals surface area contributed by atoms with Crippen LogP contribution in [0.4, 0.5) is 22.4 Å². The lowest BCUT2D eigenvalue weighted by atomic mass is 9.96. The number of rotatable bonds is 1. The molecule has 0 saturated carbocycles. The monoisotopic (exact) mass is 263 g/mol. The summed E-state index contributed by atoms with van der Waals surface area (Å²) in [6, 6.07) is 1.69. The number of amides is 1. The van der Waals surface area contributed by atoms with Gasteiger partial charge in [-0.3, -0.25) is 0 Å². The zero-order valence-corrected chi connectivity index (χ0v) is 9.05. The van der Waals surface area contributed by atoms with Crippen molar-refractivity contribution in [2.45, 2.75) is 18.6 Å². The van der Waals surface area contributed by atoms with Crippen LogP contribution in [0.1, 0.15) is 23.6 Å². The molecule has 0 unspecified atom stereocenters. The van der Waals surface area contributed by atoms with Crippen LogP contribution in [-0.2, 0) is 10.9 Å². The first-order valence-corrected chi connectivity index (χ1v) is 5.18. The van der Waals surface area contributed by atoms with E-state index in [-0.39, 0.29) is 13.0 Å². The van der Waals surface area contributed by atoms with Crippen LogP contribution >= 0.6 is 0 Å². The number of hydrogen-bond donors (Lipinski definition) is 1. The van der Waals surface area contributed by atoms with E-state index in [4.69, 9.17) is 0 Å². The van der Waals surface area contributed by atoms with Crippen molar-refractivity contribution in [1.29, 1.82) is 0 Å². The highest BCUT2D eigenvalue weighted by atomic mass is 19.4. The van der Waals surface area contributed by atoms with Crippen molar-refractivity contribution in [1.82, 2.24) is 5.32 Å². The van der Waals surface area contributed by atoms with E-state index in [0.717, 1.165) is 18.2 Å². The van der Waals surface area contributed by atoms with Crippen molar-refractivity contribution in [3.05, 3.63) is 35.1 Å². The molecule has 18 heavy (non-hydrogen) atoms. The van der Waals surface area contributed by atoms with E-state index in [1.54, 1.807) is 0 Å². The second-order valence-corrected chi connectivity index (χ2v) is 3.82. The maximum absolute atomic E-state index is 13.6. The van der Waals surface area contributed by atoms with Gasteiger partial charge in [0.25, 0.3) is 0 Å². The van der Waals surface area contributed by atoms with Crippen LogP contribution in [-0.4, -0.2) is 12.7 Å². The lowest BCUT2D eigenvalue weighted by molar-refractivity contribution is -0.138. The predicted molar refractivity (Wildman–Crippen MR) is 53.2 cm³/mol. The minimum absolute atomic E-state index is 0.0396. The molecule has 1 aliphatic rings. The molecule has 1 fully saturated rings. The number of alkyl halides is 3. The first-order valence-electron chi connectivity index (χ1n) is 5.18. The van der Waals surface area contributed by atoms with Crippen LogP contribution in [0.5, 0.6) is 0 Å². The van der Waals surface area contributed by atoms with Gasteiger partial charge in [-0.05, 0) is 12.1 Å². The summed E-state index contributed by atoms with van der Waals surface area (Å²) in [5.41, 5.74) is -1.61. The predicted octanol–water partition coefficient (Wildman–Crippen LogP) is 3.02. The highest BCUT2D eigenvalue weighted by molar-refractivity contribution is 5.68. The molecule has 1 amide bonds. The molecule has 1 aromatic rings. The minimum atomic E-state index is -4.67. The number of carbonyl (C=O) groups excluding carboxylic acids is 1. The molecule has 1 aromatic carbocycles. The van der Waals surface area contributed by atoms with Crippen molar-refractivity contribution in [2.75, 3.05) is 6.61 Å². The zero-order chi connectivity index (χ0) is 13.3. The fourth-order valence-corrected chi connectivity index (χ4v) is 1.88. The van der Waals surface area contributed by atoms with Gasteiger partial charge in [0.2, 0.25) is 0 Å². The summed E-state index contributed by atoms with van der Waals surface area (Å²) in [4.78, 5) is 11.0. The maximum Gasteiger partial charge on any atom is 0.416 e. The molecule has 0 aliphatic carbocycles. The van der Waals surface area contributed by atoms with Gasteiger partial charge in [-0.25, -0.2) is 9.18 Å². The summed E-state index contributed by atoms with van der Waals surface area (Å²) in [5.74, 6) is -0.989. The van der Waals surface area contributed by atoms with Crippen LogP contribution in [0.3, 0.4) is 0 Å². The van der Waals surface area contributed by atoms with E-state index in [9.17, 15) is 22.4 Å². The third-order valence-electron chi connectivity index (χ3n) is 2.64.